The van der Waals surface area contributed by atoms with E-state index in [-0.39, 0.29) is 5.54 Å². The minimum absolute atomic E-state index is 0.0499. The second kappa shape index (κ2) is 23.5. The topological polar surface area (TPSA) is 80.3 Å². The van der Waals surface area contributed by atoms with Crippen molar-refractivity contribution < 1.29 is 37.9 Å². The van der Waals surface area contributed by atoms with Gasteiger partial charge in [0.2, 0.25) is 0 Å². The van der Waals surface area contributed by atoms with E-state index in [1.807, 2.05) is 0 Å². The summed E-state index contributed by atoms with van der Waals surface area (Å²) in [4.78, 5) is 4.73. The Bertz CT molecular complexity index is 462. The number of nitrogens with zero attached hydrogens (tertiary/aromatic N) is 2. The summed E-state index contributed by atoms with van der Waals surface area (Å²) in [7, 11) is 0. The molecule has 1 aliphatic heterocycles. The van der Waals surface area contributed by atoms with E-state index in [0.717, 1.165) is 26.2 Å². The maximum absolute atomic E-state index is 5.77. The third-order valence-corrected chi connectivity index (χ3v) is 5.97. The first-order valence-corrected chi connectivity index (χ1v) is 14.0. The van der Waals surface area contributed by atoms with E-state index in [9.17, 15) is 0 Å². The predicted molar refractivity (Wildman–Crippen MR) is 145 cm³/mol. The van der Waals surface area contributed by atoms with Crippen molar-refractivity contribution in [2.45, 2.75) is 46.2 Å². The van der Waals surface area contributed by atoms with Gasteiger partial charge in [-0.1, -0.05) is 0 Å². The van der Waals surface area contributed by atoms with Crippen LogP contribution in [0.15, 0.2) is 0 Å². The molecular formula is C27H56N2O8. The van der Waals surface area contributed by atoms with Gasteiger partial charge in [0, 0.05) is 37.8 Å². The molecule has 0 aromatic carbocycles. The summed E-state index contributed by atoms with van der Waals surface area (Å²) in [6.45, 7) is 24.0. The van der Waals surface area contributed by atoms with Crippen molar-refractivity contribution in [2.75, 3.05) is 132 Å². The second-order valence-corrected chi connectivity index (χ2v) is 10.2. The Morgan fingerprint density at radius 1 is 0.405 bits per heavy atom. The summed E-state index contributed by atoms with van der Waals surface area (Å²) >= 11 is 0. The van der Waals surface area contributed by atoms with E-state index < -0.39 is 0 Å². The smallest absolute Gasteiger partial charge is 0.0701 e. The summed E-state index contributed by atoms with van der Waals surface area (Å²) < 4.78 is 45.4. The fourth-order valence-corrected chi connectivity index (χ4v) is 3.65. The lowest BCUT2D eigenvalue weighted by molar-refractivity contribution is -0.0198. The summed E-state index contributed by atoms with van der Waals surface area (Å²) in [5.74, 6) is 0. The van der Waals surface area contributed by atoms with Gasteiger partial charge in [-0.15, -0.1) is 0 Å². The van der Waals surface area contributed by atoms with Crippen molar-refractivity contribution in [1.82, 2.24) is 9.80 Å². The maximum atomic E-state index is 5.77. The molecule has 0 N–H and O–H groups in total. The zero-order chi connectivity index (χ0) is 27.0. The molecule has 1 heterocycles. The molecular weight excluding hydrogens is 480 g/mol. The van der Waals surface area contributed by atoms with Gasteiger partial charge < -0.3 is 37.9 Å². The minimum Gasteiger partial charge on any atom is -0.378 e. The number of ether oxygens (including phenoxy) is 8. The molecule has 1 rings (SSSR count). The van der Waals surface area contributed by atoms with Gasteiger partial charge >= 0.3 is 0 Å². The van der Waals surface area contributed by atoms with Crippen LogP contribution >= 0.6 is 0 Å². The fourth-order valence-electron chi connectivity index (χ4n) is 3.65. The van der Waals surface area contributed by atoms with Crippen molar-refractivity contribution >= 4 is 0 Å². The number of hydrogen-bond donors (Lipinski definition) is 0. The van der Waals surface area contributed by atoms with Crippen molar-refractivity contribution in [1.29, 1.82) is 0 Å². The molecule has 37 heavy (non-hydrogen) atoms. The average Bonchev–Trinajstić information content (AvgIpc) is 2.84. The first-order valence-electron chi connectivity index (χ1n) is 14.0. The third-order valence-electron chi connectivity index (χ3n) is 5.97. The van der Waals surface area contributed by atoms with Gasteiger partial charge in [0.15, 0.2) is 0 Å². The first kappa shape index (κ1) is 34.6. The van der Waals surface area contributed by atoms with Gasteiger partial charge in [0.25, 0.3) is 0 Å². The van der Waals surface area contributed by atoms with Crippen LogP contribution in [-0.4, -0.2) is 153 Å². The molecule has 0 bridgehead atoms. The van der Waals surface area contributed by atoms with Crippen LogP contribution in [-0.2, 0) is 37.9 Å². The van der Waals surface area contributed by atoms with Crippen LogP contribution in [0.4, 0.5) is 0 Å². The maximum Gasteiger partial charge on any atom is 0.0701 e. The monoisotopic (exact) mass is 536 g/mol. The summed E-state index contributed by atoms with van der Waals surface area (Å²) in [5, 5.41) is 0. The molecule has 0 aromatic heterocycles. The lowest BCUT2D eigenvalue weighted by atomic mass is 10.1. The van der Waals surface area contributed by atoms with Crippen LogP contribution in [0.3, 0.4) is 0 Å². The third kappa shape index (κ3) is 21.1. The molecule has 1 saturated heterocycles. The van der Waals surface area contributed by atoms with Crippen molar-refractivity contribution in [3.63, 3.8) is 0 Å². The van der Waals surface area contributed by atoms with E-state index in [0.29, 0.717) is 112 Å². The van der Waals surface area contributed by atoms with Gasteiger partial charge in [-0.25, -0.2) is 0 Å². The van der Waals surface area contributed by atoms with Crippen molar-refractivity contribution in [3.05, 3.63) is 0 Å². The highest BCUT2D eigenvalue weighted by molar-refractivity contribution is 4.75. The molecule has 0 saturated carbocycles. The molecule has 10 nitrogen and oxygen atoms in total. The van der Waals surface area contributed by atoms with E-state index >= 15 is 0 Å². The Morgan fingerprint density at radius 3 is 0.892 bits per heavy atom. The molecule has 0 aliphatic carbocycles. The standard InChI is InChI=1S/C27H56N2O8/c1-26(2)28-6-10-30-14-18-34-22-24-36-20-16-32-12-8-29(27(3,4)5)9-13-33-17-21-37-25-23-35-19-15-31-11-7-28/h26H,6-25H2,1-5H3. The van der Waals surface area contributed by atoms with Crippen LogP contribution in [0, 0.1) is 0 Å². The Kier molecular flexibility index (Phi) is 22.0. The molecule has 1 fully saturated rings. The SMILES string of the molecule is CC(C)N1CCOCCOCCOCCOCCN(C(C)(C)C)CCOCCOCCOCCOCC1. The van der Waals surface area contributed by atoms with Gasteiger partial charge in [0.05, 0.1) is 106 Å². The fraction of sp³-hybridized carbons (Fsp3) is 1.00. The van der Waals surface area contributed by atoms with E-state index in [2.05, 4.69) is 44.4 Å². The van der Waals surface area contributed by atoms with E-state index in [1.165, 1.54) is 0 Å². The largest absolute Gasteiger partial charge is 0.378 e. The Balaban J connectivity index is 2.32. The van der Waals surface area contributed by atoms with E-state index in [4.69, 9.17) is 37.9 Å². The zero-order valence-electron chi connectivity index (χ0n) is 24.4. The zero-order valence-corrected chi connectivity index (χ0v) is 24.4. The minimum atomic E-state index is 0.0499. The molecule has 0 atom stereocenters. The van der Waals surface area contributed by atoms with Gasteiger partial charge in [-0.2, -0.15) is 0 Å². The molecule has 0 spiro atoms. The van der Waals surface area contributed by atoms with Crippen molar-refractivity contribution in [3.8, 4) is 0 Å². The highest BCUT2D eigenvalue weighted by atomic mass is 16.6. The predicted octanol–water partition coefficient (Wildman–Crippen LogP) is 1.94. The van der Waals surface area contributed by atoms with Crippen molar-refractivity contribution in [2.24, 2.45) is 0 Å². The molecule has 0 aromatic rings. The number of rotatable bonds is 1. The molecule has 222 valence electrons. The first-order chi connectivity index (χ1) is 17.9. The normalized spacial score (nSPS) is 23.5. The summed E-state index contributed by atoms with van der Waals surface area (Å²) in [5.41, 5.74) is 0.0499. The van der Waals surface area contributed by atoms with Crippen LogP contribution in [0.5, 0.6) is 0 Å². The Labute approximate surface area is 226 Å². The molecule has 10 heteroatoms. The van der Waals surface area contributed by atoms with Crippen LogP contribution in [0.2, 0.25) is 0 Å². The molecule has 0 amide bonds. The Morgan fingerprint density at radius 2 is 0.649 bits per heavy atom. The highest BCUT2D eigenvalue weighted by Gasteiger charge is 2.20. The van der Waals surface area contributed by atoms with Gasteiger partial charge in [-0.05, 0) is 34.6 Å². The molecule has 0 unspecified atom stereocenters. The molecule has 1 aliphatic rings. The average molecular weight is 537 g/mol. The lowest BCUT2D eigenvalue weighted by Crippen LogP contribution is -2.45. The molecule has 0 radical (unpaired) electrons. The van der Waals surface area contributed by atoms with Crippen LogP contribution in [0.25, 0.3) is 0 Å². The number of hydrogen-bond acceptors (Lipinski definition) is 10. The van der Waals surface area contributed by atoms with Gasteiger partial charge in [0.1, 0.15) is 0 Å². The summed E-state index contributed by atoms with van der Waals surface area (Å²) in [6, 6.07) is 0.438. The van der Waals surface area contributed by atoms with Crippen LogP contribution in [0.1, 0.15) is 34.6 Å². The quantitative estimate of drug-likeness (QED) is 0.496. The second-order valence-electron chi connectivity index (χ2n) is 10.2. The van der Waals surface area contributed by atoms with E-state index in [1.54, 1.807) is 0 Å². The van der Waals surface area contributed by atoms with Crippen LogP contribution < -0.4 is 0 Å². The summed E-state index contributed by atoms with van der Waals surface area (Å²) in [6.07, 6.45) is 0. The lowest BCUT2D eigenvalue weighted by Gasteiger charge is -2.35. The highest BCUT2D eigenvalue weighted by Crippen LogP contribution is 2.12. The Hall–Kier alpha value is -0.400. The van der Waals surface area contributed by atoms with Gasteiger partial charge in [-0.3, -0.25) is 9.80 Å².